The third-order valence-corrected chi connectivity index (χ3v) is 3.48. The minimum atomic E-state index is -0.360. The number of amides is 1. The van der Waals surface area contributed by atoms with Crippen molar-refractivity contribution in [3.63, 3.8) is 0 Å². The van der Waals surface area contributed by atoms with Crippen LogP contribution in [0.5, 0.6) is 0 Å². The Morgan fingerprint density at radius 1 is 1.50 bits per heavy atom. The van der Waals surface area contributed by atoms with Gasteiger partial charge in [0.1, 0.15) is 6.10 Å². The molecule has 4 nitrogen and oxygen atoms in total. The molecule has 1 amide bonds. The molecule has 1 atom stereocenters. The summed E-state index contributed by atoms with van der Waals surface area (Å²) < 4.78 is 6.12. The molecule has 1 unspecified atom stereocenters. The molecule has 1 aliphatic heterocycles. The fraction of sp³-hybridized carbons (Fsp3) is 0.385. The molecule has 1 saturated heterocycles. The van der Waals surface area contributed by atoms with Crippen molar-refractivity contribution in [3.8, 4) is 6.07 Å². The van der Waals surface area contributed by atoms with Gasteiger partial charge in [0, 0.05) is 11.1 Å². The van der Waals surface area contributed by atoms with Crippen LogP contribution in [0.2, 0.25) is 0 Å². The fourth-order valence-corrected chi connectivity index (χ4v) is 2.32. The highest BCUT2D eigenvalue weighted by molar-refractivity contribution is 9.10. The first kappa shape index (κ1) is 13.1. The van der Waals surface area contributed by atoms with Gasteiger partial charge in [-0.1, -0.05) is 0 Å². The van der Waals surface area contributed by atoms with Crippen molar-refractivity contribution in [1.82, 2.24) is 0 Å². The predicted octanol–water partition coefficient (Wildman–Crippen LogP) is 2.83. The molecule has 0 aliphatic carbocycles. The number of carbonyl (C=O) groups is 1. The van der Waals surface area contributed by atoms with E-state index < -0.39 is 0 Å². The minimum absolute atomic E-state index is 0.125. The van der Waals surface area contributed by atoms with Gasteiger partial charge in [-0.25, -0.2) is 0 Å². The van der Waals surface area contributed by atoms with Gasteiger partial charge in [-0.2, -0.15) is 5.26 Å². The first-order valence-electron chi connectivity index (χ1n) is 5.83. The molecule has 1 aromatic carbocycles. The average Bonchev–Trinajstić information content (AvgIpc) is 2.42. The van der Waals surface area contributed by atoms with Gasteiger partial charge < -0.3 is 10.1 Å². The number of nitriles is 1. The Labute approximate surface area is 114 Å². The molecule has 0 radical (unpaired) electrons. The number of hydrogen-bond acceptors (Lipinski definition) is 3. The second kappa shape index (κ2) is 5.98. The van der Waals surface area contributed by atoms with Gasteiger partial charge in [0.25, 0.3) is 5.91 Å². The van der Waals surface area contributed by atoms with E-state index in [9.17, 15) is 4.79 Å². The fourth-order valence-electron chi connectivity index (χ4n) is 1.85. The van der Waals surface area contributed by atoms with Crippen LogP contribution >= 0.6 is 15.9 Å². The molecule has 2 rings (SSSR count). The number of halogens is 1. The van der Waals surface area contributed by atoms with Crippen LogP contribution < -0.4 is 5.32 Å². The lowest BCUT2D eigenvalue weighted by Gasteiger charge is -2.21. The summed E-state index contributed by atoms with van der Waals surface area (Å²) >= 11 is 3.33. The third kappa shape index (κ3) is 3.09. The number of ether oxygens (including phenoxy) is 1. The molecule has 1 fully saturated rings. The van der Waals surface area contributed by atoms with Gasteiger partial charge in [0.2, 0.25) is 0 Å². The Kier molecular flexibility index (Phi) is 4.34. The molecule has 94 valence electrons. The van der Waals surface area contributed by atoms with Crippen LogP contribution in [0, 0.1) is 11.3 Å². The van der Waals surface area contributed by atoms with Crippen LogP contribution in [0.3, 0.4) is 0 Å². The monoisotopic (exact) mass is 308 g/mol. The Balaban J connectivity index is 2.04. The van der Waals surface area contributed by atoms with E-state index in [1.807, 2.05) is 6.07 Å². The number of rotatable bonds is 2. The van der Waals surface area contributed by atoms with Crippen LogP contribution in [0.15, 0.2) is 22.7 Å². The van der Waals surface area contributed by atoms with Crippen molar-refractivity contribution >= 4 is 27.5 Å². The summed E-state index contributed by atoms with van der Waals surface area (Å²) in [5.74, 6) is -0.125. The molecule has 0 saturated carbocycles. The van der Waals surface area contributed by atoms with Gasteiger partial charge in [-0.15, -0.1) is 0 Å². The summed E-state index contributed by atoms with van der Waals surface area (Å²) in [6, 6.07) is 7.10. The summed E-state index contributed by atoms with van der Waals surface area (Å²) in [4.78, 5) is 12.0. The van der Waals surface area contributed by atoms with Crippen molar-refractivity contribution in [2.75, 3.05) is 11.9 Å². The zero-order valence-corrected chi connectivity index (χ0v) is 11.4. The van der Waals surface area contributed by atoms with Crippen molar-refractivity contribution in [1.29, 1.82) is 5.26 Å². The van der Waals surface area contributed by atoms with Crippen LogP contribution in [0.1, 0.15) is 24.8 Å². The van der Waals surface area contributed by atoms with E-state index in [1.165, 1.54) is 0 Å². The smallest absolute Gasteiger partial charge is 0.253 e. The zero-order chi connectivity index (χ0) is 13.0. The number of nitrogens with one attached hydrogen (secondary N) is 1. The normalized spacial score (nSPS) is 19.0. The molecule has 1 aromatic rings. The maximum atomic E-state index is 12.0. The quantitative estimate of drug-likeness (QED) is 0.914. The number of benzene rings is 1. The van der Waals surface area contributed by atoms with Crippen LogP contribution in [-0.2, 0) is 9.53 Å². The van der Waals surface area contributed by atoms with E-state index in [4.69, 9.17) is 10.00 Å². The number of anilines is 1. The standard InChI is InChI=1S/C13H13BrN2O2/c14-10-7-9(8-15)4-5-11(10)16-13(17)12-3-1-2-6-18-12/h4-5,7,12H,1-3,6H2,(H,16,17). The molecule has 0 spiro atoms. The average molecular weight is 309 g/mol. The molecule has 0 aromatic heterocycles. The van der Waals surface area contributed by atoms with Gasteiger partial charge in [-0.05, 0) is 53.4 Å². The highest BCUT2D eigenvalue weighted by Gasteiger charge is 2.22. The highest BCUT2D eigenvalue weighted by atomic mass is 79.9. The molecule has 5 heteroatoms. The largest absolute Gasteiger partial charge is 0.368 e. The van der Waals surface area contributed by atoms with Crippen molar-refractivity contribution in [3.05, 3.63) is 28.2 Å². The Morgan fingerprint density at radius 2 is 2.33 bits per heavy atom. The maximum absolute atomic E-state index is 12.0. The second-order valence-corrected chi connectivity index (χ2v) is 5.01. The predicted molar refractivity (Wildman–Crippen MR) is 71.1 cm³/mol. The lowest BCUT2D eigenvalue weighted by molar-refractivity contribution is -0.129. The molecule has 1 heterocycles. The van der Waals surface area contributed by atoms with Gasteiger partial charge in [-0.3, -0.25) is 4.79 Å². The van der Waals surface area contributed by atoms with E-state index in [2.05, 4.69) is 21.2 Å². The van der Waals surface area contributed by atoms with Gasteiger partial charge >= 0.3 is 0 Å². The Bertz CT molecular complexity index is 490. The van der Waals surface area contributed by atoms with Crippen molar-refractivity contribution in [2.45, 2.75) is 25.4 Å². The van der Waals surface area contributed by atoms with Crippen molar-refractivity contribution in [2.24, 2.45) is 0 Å². The first-order chi connectivity index (χ1) is 8.70. The minimum Gasteiger partial charge on any atom is -0.368 e. The van der Waals surface area contributed by atoms with E-state index in [0.29, 0.717) is 22.3 Å². The van der Waals surface area contributed by atoms with Crippen molar-refractivity contribution < 1.29 is 9.53 Å². The summed E-state index contributed by atoms with van der Waals surface area (Å²) in [5, 5.41) is 11.6. The van der Waals surface area contributed by atoms with Crippen LogP contribution in [-0.4, -0.2) is 18.6 Å². The molecular weight excluding hydrogens is 296 g/mol. The van der Waals surface area contributed by atoms with E-state index >= 15 is 0 Å². The summed E-state index contributed by atoms with van der Waals surface area (Å²) in [5.41, 5.74) is 1.21. The van der Waals surface area contributed by atoms with Gasteiger partial charge in [0.15, 0.2) is 0 Å². The van der Waals surface area contributed by atoms with E-state index in [-0.39, 0.29) is 12.0 Å². The van der Waals surface area contributed by atoms with E-state index in [1.54, 1.807) is 18.2 Å². The molecular formula is C13H13BrN2O2. The number of carbonyl (C=O) groups excluding carboxylic acids is 1. The molecule has 0 bridgehead atoms. The SMILES string of the molecule is N#Cc1ccc(NC(=O)C2CCCCO2)c(Br)c1. The van der Waals surface area contributed by atoms with Crippen LogP contribution in [0.25, 0.3) is 0 Å². The topological polar surface area (TPSA) is 62.1 Å². The summed E-state index contributed by atoms with van der Waals surface area (Å²) in [6.45, 7) is 0.645. The lowest BCUT2D eigenvalue weighted by Crippen LogP contribution is -2.33. The summed E-state index contributed by atoms with van der Waals surface area (Å²) in [6.07, 6.45) is 2.44. The second-order valence-electron chi connectivity index (χ2n) is 4.15. The third-order valence-electron chi connectivity index (χ3n) is 2.83. The maximum Gasteiger partial charge on any atom is 0.253 e. The lowest BCUT2D eigenvalue weighted by atomic mass is 10.1. The highest BCUT2D eigenvalue weighted by Crippen LogP contribution is 2.24. The van der Waals surface area contributed by atoms with Crippen LogP contribution in [0.4, 0.5) is 5.69 Å². The number of nitrogens with zero attached hydrogens (tertiary/aromatic N) is 1. The van der Waals surface area contributed by atoms with E-state index in [0.717, 1.165) is 19.3 Å². The zero-order valence-electron chi connectivity index (χ0n) is 9.78. The Hall–Kier alpha value is -1.38. The molecule has 1 N–H and O–H groups in total. The number of hydrogen-bond donors (Lipinski definition) is 1. The summed E-state index contributed by atoms with van der Waals surface area (Å²) in [7, 11) is 0. The van der Waals surface area contributed by atoms with Gasteiger partial charge in [0.05, 0.1) is 17.3 Å². The molecule has 18 heavy (non-hydrogen) atoms. The Morgan fingerprint density at radius 3 is 2.94 bits per heavy atom. The molecule has 1 aliphatic rings. The first-order valence-corrected chi connectivity index (χ1v) is 6.62.